The van der Waals surface area contributed by atoms with Crippen molar-refractivity contribution in [3.8, 4) is 0 Å². The van der Waals surface area contributed by atoms with E-state index in [1.807, 2.05) is 19.3 Å². The Morgan fingerprint density at radius 2 is 2.18 bits per heavy atom. The molecule has 17 heavy (non-hydrogen) atoms. The summed E-state index contributed by atoms with van der Waals surface area (Å²) in [5.74, 6) is 0.892. The Hall–Kier alpha value is -0.800. The van der Waals surface area contributed by atoms with Crippen molar-refractivity contribution < 1.29 is 0 Å². The second-order valence-corrected chi connectivity index (χ2v) is 4.63. The number of hydrogen-bond donors (Lipinski definition) is 1. The topological polar surface area (TPSA) is 28.2 Å². The highest BCUT2D eigenvalue weighted by molar-refractivity contribution is 6.33. The molecule has 0 fully saturated rings. The monoisotopic (exact) mass is 255 g/mol. The van der Waals surface area contributed by atoms with Gasteiger partial charge in [0.05, 0.1) is 5.02 Å². The molecule has 1 aromatic heterocycles. The summed E-state index contributed by atoms with van der Waals surface area (Å²) in [5, 5.41) is 3.83. The molecule has 0 spiro atoms. The molecule has 0 aromatic carbocycles. The van der Waals surface area contributed by atoms with Gasteiger partial charge in [-0.15, -0.1) is 0 Å². The van der Waals surface area contributed by atoms with E-state index < -0.39 is 0 Å². The van der Waals surface area contributed by atoms with E-state index in [-0.39, 0.29) is 0 Å². The molecule has 0 bridgehead atoms. The fourth-order valence-corrected chi connectivity index (χ4v) is 2.17. The summed E-state index contributed by atoms with van der Waals surface area (Å²) in [6.45, 7) is 8.22. The minimum atomic E-state index is 0.458. The number of pyridine rings is 1. The maximum atomic E-state index is 6.31. The first kappa shape index (κ1) is 14.3. The normalized spacial score (nSPS) is 12.5. The summed E-state index contributed by atoms with van der Waals surface area (Å²) in [7, 11) is 1.92. The summed E-state index contributed by atoms with van der Waals surface area (Å²) in [5.41, 5.74) is 1.11. The zero-order valence-electron chi connectivity index (χ0n) is 11.1. The van der Waals surface area contributed by atoms with E-state index >= 15 is 0 Å². The van der Waals surface area contributed by atoms with Crippen LogP contribution < -0.4 is 10.2 Å². The van der Waals surface area contributed by atoms with Crippen LogP contribution in [0.4, 0.5) is 5.82 Å². The molecule has 1 aromatic rings. The molecular formula is C13H22ClN3. The molecule has 96 valence electrons. The zero-order valence-corrected chi connectivity index (χ0v) is 11.9. The molecule has 0 saturated carbocycles. The van der Waals surface area contributed by atoms with E-state index in [9.17, 15) is 0 Å². The highest BCUT2D eigenvalue weighted by atomic mass is 35.5. The Kier molecular flexibility index (Phi) is 5.72. The highest BCUT2D eigenvalue weighted by Gasteiger charge is 2.15. The summed E-state index contributed by atoms with van der Waals surface area (Å²) >= 11 is 6.31. The van der Waals surface area contributed by atoms with Crippen molar-refractivity contribution in [3.63, 3.8) is 0 Å². The van der Waals surface area contributed by atoms with Crippen LogP contribution in [0.3, 0.4) is 0 Å². The molecular weight excluding hydrogens is 234 g/mol. The fourth-order valence-electron chi connectivity index (χ4n) is 1.87. The summed E-state index contributed by atoms with van der Waals surface area (Å²) < 4.78 is 0. The maximum absolute atomic E-state index is 6.31. The number of rotatable bonds is 6. The van der Waals surface area contributed by atoms with Crippen molar-refractivity contribution in [1.82, 2.24) is 10.3 Å². The van der Waals surface area contributed by atoms with Crippen LogP contribution in [-0.4, -0.2) is 24.6 Å². The summed E-state index contributed by atoms with van der Waals surface area (Å²) in [6, 6.07) is 2.45. The first-order valence-corrected chi connectivity index (χ1v) is 6.57. The van der Waals surface area contributed by atoms with Crippen LogP contribution in [0, 0.1) is 0 Å². The van der Waals surface area contributed by atoms with Gasteiger partial charge >= 0.3 is 0 Å². The Bertz CT molecular complexity index is 355. The third kappa shape index (κ3) is 3.58. The average Bonchev–Trinajstić information content (AvgIpc) is 2.32. The molecule has 1 atom stereocenters. The first-order chi connectivity index (χ1) is 8.13. The average molecular weight is 256 g/mol. The molecule has 4 heteroatoms. The third-order valence-electron chi connectivity index (χ3n) is 2.99. The van der Waals surface area contributed by atoms with E-state index in [1.165, 1.54) is 0 Å². The molecule has 0 radical (unpaired) electrons. The van der Waals surface area contributed by atoms with Crippen molar-refractivity contribution in [1.29, 1.82) is 0 Å². The van der Waals surface area contributed by atoms with Crippen LogP contribution in [0.5, 0.6) is 0 Å². The highest BCUT2D eigenvalue weighted by Crippen LogP contribution is 2.26. The van der Waals surface area contributed by atoms with Crippen LogP contribution in [-0.2, 0) is 6.54 Å². The maximum Gasteiger partial charge on any atom is 0.147 e. The van der Waals surface area contributed by atoms with E-state index in [4.69, 9.17) is 11.6 Å². The van der Waals surface area contributed by atoms with Crippen molar-refractivity contribution in [2.75, 3.05) is 18.5 Å². The van der Waals surface area contributed by atoms with E-state index in [2.05, 4.69) is 36.0 Å². The van der Waals surface area contributed by atoms with Crippen LogP contribution in [0.1, 0.15) is 32.8 Å². The summed E-state index contributed by atoms with van der Waals surface area (Å²) in [6.07, 6.45) is 2.98. The molecule has 0 aliphatic rings. The van der Waals surface area contributed by atoms with Crippen LogP contribution in [0.15, 0.2) is 12.3 Å². The number of aromatic nitrogens is 1. The lowest BCUT2D eigenvalue weighted by Gasteiger charge is -2.29. The Balaban J connectivity index is 2.96. The second-order valence-electron chi connectivity index (χ2n) is 4.22. The van der Waals surface area contributed by atoms with Gasteiger partial charge < -0.3 is 10.2 Å². The molecule has 1 N–H and O–H groups in total. The van der Waals surface area contributed by atoms with Crippen molar-refractivity contribution >= 4 is 17.4 Å². The Labute approximate surface area is 109 Å². The summed E-state index contributed by atoms with van der Waals surface area (Å²) in [4.78, 5) is 6.73. The predicted molar refractivity (Wildman–Crippen MR) is 74.8 cm³/mol. The van der Waals surface area contributed by atoms with Gasteiger partial charge in [-0.2, -0.15) is 0 Å². The van der Waals surface area contributed by atoms with Crippen molar-refractivity contribution in [2.45, 2.75) is 39.8 Å². The molecule has 3 nitrogen and oxygen atoms in total. The third-order valence-corrected chi connectivity index (χ3v) is 3.27. The second kappa shape index (κ2) is 6.82. The molecule has 0 aliphatic heterocycles. The van der Waals surface area contributed by atoms with Crippen LogP contribution in [0.2, 0.25) is 5.02 Å². The first-order valence-electron chi connectivity index (χ1n) is 6.19. The molecule has 1 heterocycles. The molecule has 0 saturated heterocycles. The number of nitrogens with one attached hydrogen (secondary N) is 1. The van der Waals surface area contributed by atoms with Gasteiger partial charge in [-0.1, -0.05) is 18.5 Å². The SMILES string of the molecule is CCC(C)N(CC)c1ncc(CNC)cc1Cl. The quantitative estimate of drug-likeness (QED) is 0.847. The van der Waals surface area contributed by atoms with E-state index in [0.29, 0.717) is 6.04 Å². The zero-order chi connectivity index (χ0) is 12.8. The minimum Gasteiger partial charge on any atom is -0.353 e. The number of nitrogens with zero attached hydrogens (tertiary/aromatic N) is 2. The van der Waals surface area contributed by atoms with Crippen LogP contribution in [0.25, 0.3) is 0 Å². The number of anilines is 1. The van der Waals surface area contributed by atoms with Gasteiger partial charge in [0, 0.05) is 25.3 Å². The fraction of sp³-hybridized carbons (Fsp3) is 0.615. The van der Waals surface area contributed by atoms with Gasteiger partial charge in [-0.25, -0.2) is 4.98 Å². The molecule has 0 amide bonds. The van der Waals surface area contributed by atoms with E-state index in [1.54, 1.807) is 0 Å². The van der Waals surface area contributed by atoms with Gasteiger partial charge in [0.25, 0.3) is 0 Å². The lowest BCUT2D eigenvalue weighted by atomic mass is 10.2. The lowest BCUT2D eigenvalue weighted by molar-refractivity contribution is 0.622. The van der Waals surface area contributed by atoms with Gasteiger partial charge in [0.1, 0.15) is 5.82 Å². The van der Waals surface area contributed by atoms with E-state index in [0.717, 1.165) is 35.9 Å². The van der Waals surface area contributed by atoms with Gasteiger partial charge in [0.15, 0.2) is 0 Å². The predicted octanol–water partition coefficient (Wildman–Crippen LogP) is 3.08. The number of hydrogen-bond acceptors (Lipinski definition) is 3. The Morgan fingerprint density at radius 3 is 2.65 bits per heavy atom. The van der Waals surface area contributed by atoms with Crippen molar-refractivity contribution in [2.24, 2.45) is 0 Å². The largest absolute Gasteiger partial charge is 0.353 e. The van der Waals surface area contributed by atoms with Gasteiger partial charge in [0.2, 0.25) is 0 Å². The molecule has 1 rings (SSSR count). The standard InChI is InChI=1S/C13H22ClN3/c1-5-10(3)17(6-2)13-12(14)7-11(8-15-4)9-16-13/h7,9-10,15H,5-6,8H2,1-4H3. The smallest absolute Gasteiger partial charge is 0.147 e. The van der Waals surface area contributed by atoms with Crippen molar-refractivity contribution in [3.05, 3.63) is 22.8 Å². The Morgan fingerprint density at radius 1 is 1.47 bits per heavy atom. The molecule has 0 aliphatic carbocycles. The van der Waals surface area contributed by atoms with Gasteiger partial charge in [-0.05, 0) is 38.9 Å². The minimum absolute atomic E-state index is 0.458. The van der Waals surface area contributed by atoms with Gasteiger partial charge in [-0.3, -0.25) is 0 Å². The van der Waals surface area contributed by atoms with Crippen LogP contribution >= 0.6 is 11.6 Å². The molecule has 1 unspecified atom stereocenters. The lowest BCUT2D eigenvalue weighted by Crippen LogP contribution is -2.33. The number of halogens is 1.